The van der Waals surface area contributed by atoms with Crippen LogP contribution < -0.4 is 0 Å². The zero-order chi connectivity index (χ0) is 15.5. The minimum atomic E-state index is 0.128. The van der Waals surface area contributed by atoms with E-state index >= 15 is 0 Å². The van der Waals surface area contributed by atoms with Crippen LogP contribution in [0, 0.1) is 0 Å². The van der Waals surface area contributed by atoms with Crippen molar-refractivity contribution in [1.82, 2.24) is 4.90 Å². The number of carbonyl (C=O) groups excluding carboxylic acids is 1. The van der Waals surface area contributed by atoms with E-state index in [4.69, 9.17) is 0 Å². The highest BCUT2D eigenvalue weighted by molar-refractivity contribution is 7.99. The van der Waals surface area contributed by atoms with Crippen molar-refractivity contribution in [2.24, 2.45) is 0 Å². The number of rotatable bonds is 3. The Morgan fingerprint density at radius 2 is 1.77 bits per heavy atom. The van der Waals surface area contributed by atoms with E-state index in [0.29, 0.717) is 5.92 Å². The van der Waals surface area contributed by atoms with Gasteiger partial charge in [-0.3, -0.25) is 4.79 Å². The zero-order valence-electron chi connectivity index (χ0n) is 13.0. The van der Waals surface area contributed by atoms with Crippen molar-refractivity contribution in [2.75, 3.05) is 12.3 Å². The first-order chi connectivity index (χ1) is 10.7. The van der Waals surface area contributed by atoms with Gasteiger partial charge >= 0.3 is 0 Å². The van der Waals surface area contributed by atoms with E-state index in [-0.39, 0.29) is 11.3 Å². The molecule has 3 rings (SSSR count). The fourth-order valence-electron chi connectivity index (χ4n) is 2.75. The molecule has 1 unspecified atom stereocenters. The second kappa shape index (κ2) is 6.57. The SMILES string of the molecule is CC(C)c1ccc(C2SCCN2C(=O)c2ccccc2)cc1. The van der Waals surface area contributed by atoms with Gasteiger partial charge in [-0.05, 0) is 29.2 Å². The van der Waals surface area contributed by atoms with Gasteiger partial charge in [-0.2, -0.15) is 0 Å². The number of carbonyl (C=O) groups is 1. The molecule has 114 valence electrons. The highest BCUT2D eigenvalue weighted by atomic mass is 32.2. The lowest BCUT2D eigenvalue weighted by Gasteiger charge is -2.24. The van der Waals surface area contributed by atoms with Crippen LogP contribution in [0.3, 0.4) is 0 Å². The summed E-state index contributed by atoms with van der Waals surface area (Å²) in [5, 5.41) is 0.133. The van der Waals surface area contributed by atoms with Gasteiger partial charge in [-0.15, -0.1) is 11.8 Å². The first-order valence-corrected chi connectivity index (χ1v) is 8.79. The first kappa shape index (κ1) is 15.2. The fraction of sp³-hybridized carbons (Fsp3) is 0.316. The number of hydrogen-bond donors (Lipinski definition) is 0. The monoisotopic (exact) mass is 311 g/mol. The summed E-state index contributed by atoms with van der Waals surface area (Å²) in [4.78, 5) is 14.7. The maximum Gasteiger partial charge on any atom is 0.255 e. The summed E-state index contributed by atoms with van der Waals surface area (Å²) >= 11 is 1.85. The maximum absolute atomic E-state index is 12.7. The van der Waals surface area contributed by atoms with Crippen LogP contribution in [0.2, 0.25) is 0 Å². The van der Waals surface area contributed by atoms with Crippen molar-refractivity contribution < 1.29 is 4.79 Å². The van der Waals surface area contributed by atoms with Crippen molar-refractivity contribution in [1.29, 1.82) is 0 Å². The minimum absolute atomic E-state index is 0.128. The second-order valence-electron chi connectivity index (χ2n) is 5.91. The van der Waals surface area contributed by atoms with Gasteiger partial charge in [0.25, 0.3) is 5.91 Å². The number of thioether (sulfide) groups is 1. The molecule has 0 spiro atoms. The van der Waals surface area contributed by atoms with Crippen molar-refractivity contribution in [2.45, 2.75) is 25.1 Å². The molecule has 0 saturated carbocycles. The molecule has 2 nitrogen and oxygen atoms in total. The number of hydrogen-bond acceptors (Lipinski definition) is 2. The standard InChI is InChI=1S/C19H21NOS/c1-14(2)15-8-10-17(11-9-15)19-20(12-13-22-19)18(21)16-6-4-3-5-7-16/h3-11,14,19H,12-13H2,1-2H3. The number of benzene rings is 2. The van der Waals surface area contributed by atoms with Crippen LogP contribution in [0.4, 0.5) is 0 Å². The van der Waals surface area contributed by atoms with Gasteiger partial charge < -0.3 is 4.90 Å². The van der Waals surface area contributed by atoms with E-state index in [1.807, 2.05) is 47.0 Å². The van der Waals surface area contributed by atoms with E-state index in [0.717, 1.165) is 17.9 Å². The molecule has 2 aromatic carbocycles. The van der Waals surface area contributed by atoms with E-state index in [1.165, 1.54) is 11.1 Å². The molecule has 0 N–H and O–H groups in total. The van der Waals surface area contributed by atoms with Crippen LogP contribution in [0.5, 0.6) is 0 Å². The van der Waals surface area contributed by atoms with E-state index < -0.39 is 0 Å². The van der Waals surface area contributed by atoms with Gasteiger partial charge in [0.15, 0.2) is 0 Å². The van der Waals surface area contributed by atoms with Crippen LogP contribution >= 0.6 is 11.8 Å². The molecule has 3 heteroatoms. The van der Waals surface area contributed by atoms with Crippen molar-refractivity contribution >= 4 is 17.7 Å². The molecular weight excluding hydrogens is 290 g/mol. The lowest BCUT2D eigenvalue weighted by atomic mass is 10.0. The average molecular weight is 311 g/mol. The summed E-state index contributed by atoms with van der Waals surface area (Å²) in [5.41, 5.74) is 3.33. The molecule has 0 bridgehead atoms. The summed E-state index contributed by atoms with van der Waals surface area (Å²) in [7, 11) is 0. The zero-order valence-corrected chi connectivity index (χ0v) is 13.8. The van der Waals surface area contributed by atoms with E-state index in [9.17, 15) is 4.79 Å². The van der Waals surface area contributed by atoms with Crippen molar-refractivity contribution in [3.8, 4) is 0 Å². The number of nitrogens with zero attached hydrogens (tertiary/aromatic N) is 1. The molecule has 0 aliphatic carbocycles. The first-order valence-electron chi connectivity index (χ1n) is 7.74. The van der Waals surface area contributed by atoms with Crippen molar-refractivity contribution in [3.05, 3.63) is 71.3 Å². The molecule has 22 heavy (non-hydrogen) atoms. The third kappa shape index (κ3) is 3.05. The highest BCUT2D eigenvalue weighted by Crippen LogP contribution is 2.39. The van der Waals surface area contributed by atoms with Gasteiger partial charge in [-0.25, -0.2) is 0 Å². The fourth-order valence-corrected chi connectivity index (χ4v) is 4.00. The summed E-state index contributed by atoms with van der Waals surface area (Å²) in [6, 6.07) is 18.3. The van der Waals surface area contributed by atoms with E-state index in [2.05, 4.69) is 38.1 Å². The van der Waals surface area contributed by atoms with Crippen molar-refractivity contribution in [3.63, 3.8) is 0 Å². The molecule has 1 heterocycles. The minimum Gasteiger partial charge on any atom is -0.322 e. The summed E-state index contributed by atoms with van der Waals surface area (Å²) in [6.07, 6.45) is 0. The normalized spacial score (nSPS) is 18.0. The predicted molar refractivity (Wildman–Crippen MR) is 93.2 cm³/mol. The average Bonchev–Trinajstić information content (AvgIpc) is 3.04. The largest absolute Gasteiger partial charge is 0.322 e. The second-order valence-corrected chi connectivity index (χ2v) is 7.10. The Bertz CT molecular complexity index is 636. The Kier molecular flexibility index (Phi) is 4.53. The Balaban J connectivity index is 1.82. The van der Waals surface area contributed by atoms with Crippen LogP contribution in [0.25, 0.3) is 0 Å². The topological polar surface area (TPSA) is 20.3 Å². The third-order valence-electron chi connectivity index (χ3n) is 4.06. The smallest absolute Gasteiger partial charge is 0.255 e. The molecule has 0 radical (unpaired) electrons. The Morgan fingerprint density at radius 1 is 1.09 bits per heavy atom. The van der Waals surface area contributed by atoms with Gasteiger partial charge in [-0.1, -0.05) is 56.3 Å². The summed E-state index contributed by atoms with van der Waals surface area (Å²) < 4.78 is 0. The molecule has 0 aromatic heterocycles. The Morgan fingerprint density at radius 3 is 2.41 bits per heavy atom. The Hall–Kier alpha value is -1.74. The molecule has 1 atom stereocenters. The molecule has 1 fully saturated rings. The Labute approximate surface area is 136 Å². The predicted octanol–water partition coefficient (Wildman–Crippen LogP) is 4.70. The van der Waals surface area contributed by atoms with Crippen LogP contribution in [-0.4, -0.2) is 23.1 Å². The molecule has 1 amide bonds. The summed E-state index contributed by atoms with van der Waals surface area (Å²) in [6.45, 7) is 5.21. The van der Waals surface area contributed by atoms with Crippen LogP contribution in [-0.2, 0) is 0 Å². The summed E-state index contributed by atoms with van der Waals surface area (Å²) in [5.74, 6) is 1.66. The number of amides is 1. The molecule has 2 aromatic rings. The van der Waals surface area contributed by atoms with Gasteiger partial charge in [0.1, 0.15) is 5.37 Å². The van der Waals surface area contributed by atoms with Crippen LogP contribution in [0.15, 0.2) is 54.6 Å². The van der Waals surface area contributed by atoms with Gasteiger partial charge in [0.05, 0.1) is 0 Å². The lowest BCUT2D eigenvalue weighted by molar-refractivity contribution is 0.0760. The highest BCUT2D eigenvalue weighted by Gasteiger charge is 2.31. The molecule has 1 aliphatic heterocycles. The van der Waals surface area contributed by atoms with Crippen LogP contribution in [0.1, 0.15) is 46.6 Å². The molecule has 1 aliphatic rings. The van der Waals surface area contributed by atoms with Gasteiger partial charge in [0, 0.05) is 17.9 Å². The lowest BCUT2D eigenvalue weighted by Crippen LogP contribution is -2.30. The van der Waals surface area contributed by atoms with Gasteiger partial charge in [0.2, 0.25) is 0 Å². The molecular formula is C19H21NOS. The maximum atomic E-state index is 12.7. The molecule has 1 saturated heterocycles. The van der Waals surface area contributed by atoms with E-state index in [1.54, 1.807) is 0 Å². The quantitative estimate of drug-likeness (QED) is 0.819. The third-order valence-corrected chi connectivity index (χ3v) is 5.32.